The number of benzene rings is 2. The van der Waals surface area contributed by atoms with Crippen molar-refractivity contribution in [3.8, 4) is 0 Å². The molecule has 1 heterocycles. The minimum Gasteiger partial charge on any atom is -0.469 e. The molecule has 0 saturated carbocycles. The summed E-state index contributed by atoms with van der Waals surface area (Å²) in [5.41, 5.74) is 2.11. The van der Waals surface area contributed by atoms with Gasteiger partial charge in [-0.2, -0.15) is 0 Å². The van der Waals surface area contributed by atoms with Gasteiger partial charge in [0, 0.05) is 31.8 Å². The van der Waals surface area contributed by atoms with Gasteiger partial charge in [-0.05, 0) is 24.0 Å². The first-order valence-corrected chi connectivity index (χ1v) is 9.95. The van der Waals surface area contributed by atoms with Crippen LogP contribution in [0.25, 0.3) is 0 Å². The van der Waals surface area contributed by atoms with Crippen LogP contribution in [0.15, 0.2) is 59.6 Å². The number of methoxy groups -OCH3 is 1. The summed E-state index contributed by atoms with van der Waals surface area (Å²) in [6.45, 7) is 2.46. The molecule has 9 heteroatoms. The molecule has 166 valence electrons. The lowest BCUT2D eigenvalue weighted by Gasteiger charge is -2.33. The van der Waals surface area contributed by atoms with E-state index in [4.69, 9.17) is 9.73 Å². The lowest BCUT2D eigenvalue weighted by molar-refractivity contribution is -0.384. The number of rotatable bonds is 6. The molecule has 31 heavy (non-hydrogen) atoms. The number of likely N-dealkylation sites (tertiary alicyclic amines) is 1. The molecule has 1 N–H and O–H groups in total. The van der Waals surface area contributed by atoms with Crippen LogP contribution in [0, 0.1) is 16.0 Å². The molecule has 3 rings (SSSR count). The Kier molecular flexibility index (Phi) is 9.70. The summed E-state index contributed by atoms with van der Waals surface area (Å²) in [7, 11) is 1.42. The molecule has 1 fully saturated rings. The Hall–Kier alpha value is -2.69. The van der Waals surface area contributed by atoms with Gasteiger partial charge in [0.25, 0.3) is 5.69 Å². The molecule has 0 atom stereocenters. The number of nitro benzene ring substituents is 1. The molecule has 0 unspecified atom stereocenters. The van der Waals surface area contributed by atoms with Crippen LogP contribution < -0.4 is 5.32 Å². The average Bonchev–Trinajstić information content (AvgIpc) is 2.79. The second-order valence-electron chi connectivity index (χ2n) is 7.19. The second kappa shape index (κ2) is 12.2. The van der Waals surface area contributed by atoms with Crippen LogP contribution in [0.2, 0.25) is 0 Å². The summed E-state index contributed by atoms with van der Waals surface area (Å²) in [6, 6.07) is 16.5. The van der Waals surface area contributed by atoms with E-state index in [9.17, 15) is 14.9 Å². The number of carbonyl (C=O) groups is 1. The Labute approximate surface area is 198 Å². The van der Waals surface area contributed by atoms with Crippen LogP contribution in [0.1, 0.15) is 24.0 Å². The van der Waals surface area contributed by atoms with E-state index >= 15 is 0 Å². The molecular weight excluding hydrogens is 511 g/mol. The monoisotopic (exact) mass is 538 g/mol. The molecule has 0 aromatic heterocycles. The molecule has 2 aromatic carbocycles. The smallest absolute Gasteiger partial charge is 0.308 e. The summed E-state index contributed by atoms with van der Waals surface area (Å²) in [5, 5.41) is 14.2. The van der Waals surface area contributed by atoms with Crippen LogP contribution >= 0.6 is 24.0 Å². The quantitative estimate of drug-likeness (QED) is 0.150. The van der Waals surface area contributed by atoms with Gasteiger partial charge in [0.05, 0.1) is 24.5 Å². The molecule has 0 spiro atoms. The number of nitro groups is 1. The van der Waals surface area contributed by atoms with Gasteiger partial charge >= 0.3 is 5.97 Å². The van der Waals surface area contributed by atoms with Crippen molar-refractivity contribution in [2.24, 2.45) is 10.9 Å². The standard InChI is InChI=1S/C22H26N4O4.HI/c1-30-21(27)19-11-13-25(14-12-19)22(23-15-17-5-3-2-4-6-17)24-16-18-7-9-20(10-8-18)26(28)29;/h2-10,19H,11-16H2,1H3,(H,23,24);1H. The molecule has 1 aliphatic heterocycles. The van der Waals surface area contributed by atoms with E-state index in [1.54, 1.807) is 12.1 Å². The van der Waals surface area contributed by atoms with Gasteiger partial charge in [-0.1, -0.05) is 42.5 Å². The van der Waals surface area contributed by atoms with Crippen LogP contribution in [0.4, 0.5) is 5.69 Å². The molecule has 0 bridgehead atoms. The third-order valence-electron chi connectivity index (χ3n) is 5.18. The average molecular weight is 538 g/mol. The van der Waals surface area contributed by atoms with E-state index in [1.165, 1.54) is 19.2 Å². The zero-order valence-corrected chi connectivity index (χ0v) is 19.7. The van der Waals surface area contributed by atoms with Crippen LogP contribution in [0.3, 0.4) is 0 Å². The highest BCUT2D eigenvalue weighted by molar-refractivity contribution is 14.0. The van der Waals surface area contributed by atoms with Gasteiger partial charge in [0.15, 0.2) is 5.96 Å². The Balaban J connectivity index is 0.00000341. The fourth-order valence-electron chi connectivity index (χ4n) is 3.43. The minimum absolute atomic E-state index is 0. The molecule has 1 saturated heterocycles. The lowest BCUT2D eigenvalue weighted by atomic mass is 9.97. The maximum atomic E-state index is 11.8. The summed E-state index contributed by atoms with van der Waals surface area (Å²) in [5.74, 6) is 0.535. The number of guanidine groups is 1. The van der Waals surface area contributed by atoms with Crippen LogP contribution in [0.5, 0.6) is 0 Å². The van der Waals surface area contributed by atoms with Gasteiger partial charge in [0.1, 0.15) is 0 Å². The van der Waals surface area contributed by atoms with E-state index in [2.05, 4.69) is 10.2 Å². The number of hydrogen-bond donors (Lipinski definition) is 1. The van der Waals surface area contributed by atoms with Crippen molar-refractivity contribution >= 4 is 41.6 Å². The largest absolute Gasteiger partial charge is 0.469 e. The number of nitrogens with one attached hydrogen (secondary N) is 1. The van der Waals surface area contributed by atoms with Crippen molar-refractivity contribution < 1.29 is 14.5 Å². The number of ether oxygens (including phenoxy) is 1. The van der Waals surface area contributed by atoms with Crippen LogP contribution in [-0.4, -0.2) is 42.0 Å². The number of piperidine rings is 1. The first-order valence-electron chi connectivity index (χ1n) is 9.95. The molecule has 8 nitrogen and oxygen atoms in total. The summed E-state index contributed by atoms with van der Waals surface area (Å²) in [4.78, 5) is 29.2. The lowest BCUT2D eigenvalue weighted by Crippen LogP contribution is -2.46. The van der Waals surface area contributed by atoms with Crippen molar-refractivity contribution in [3.05, 3.63) is 75.8 Å². The first-order chi connectivity index (χ1) is 14.6. The number of aliphatic imine (C=N–C) groups is 1. The Morgan fingerprint density at radius 1 is 1.13 bits per heavy atom. The highest BCUT2D eigenvalue weighted by Crippen LogP contribution is 2.19. The summed E-state index contributed by atoms with van der Waals surface area (Å²) >= 11 is 0. The predicted molar refractivity (Wildman–Crippen MR) is 129 cm³/mol. The fourth-order valence-corrected chi connectivity index (χ4v) is 3.43. The Morgan fingerprint density at radius 2 is 1.77 bits per heavy atom. The van der Waals surface area contributed by atoms with E-state index in [0.29, 0.717) is 26.2 Å². The predicted octanol–water partition coefficient (Wildman–Crippen LogP) is 3.74. The van der Waals surface area contributed by atoms with Gasteiger partial charge < -0.3 is 15.0 Å². The number of halogens is 1. The van der Waals surface area contributed by atoms with Crippen LogP contribution in [-0.2, 0) is 22.6 Å². The maximum absolute atomic E-state index is 11.8. The first kappa shape index (κ1) is 24.6. The van der Waals surface area contributed by atoms with Gasteiger partial charge in [0.2, 0.25) is 0 Å². The molecule has 0 amide bonds. The normalized spacial score (nSPS) is 14.5. The van der Waals surface area contributed by atoms with Crippen molar-refractivity contribution in [2.75, 3.05) is 20.2 Å². The maximum Gasteiger partial charge on any atom is 0.308 e. The third kappa shape index (κ3) is 7.20. The SMILES string of the molecule is COC(=O)C1CCN(C(=NCc2ccccc2)NCc2ccc([N+](=O)[O-])cc2)CC1.I. The third-order valence-corrected chi connectivity index (χ3v) is 5.18. The topological polar surface area (TPSA) is 97.1 Å². The van der Waals surface area contributed by atoms with E-state index in [0.717, 1.165) is 29.9 Å². The van der Waals surface area contributed by atoms with Crippen molar-refractivity contribution in [1.82, 2.24) is 10.2 Å². The van der Waals surface area contributed by atoms with Gasteiger partial charge in [-0.3, -0.25) is 14.9 Å². The molecule has 2 aromatic rings. The number of nitrogens with zero attached hydrogens (tertiary/aromatic N) is 3. The zero-order chi connectivity index (χ0) is 21.3. The number of esters is 1. The highest BCUT2D eigenvalue weighted by Gasteiger charge is 2.27. The summed E-state index contributed by atoms with van der Waals surface area (Å²) in [6.07, 6.45) is 1.44. The number of hydrogen-bond acceptors (Lipinski definition) is 5. The van der Waals surface area contributed by atoms with Crippen molar-refractivity contribution in [2.45, 2.75) is 25.9 Å². The van der Waals surface area contributed by atoms with Gasteiger partial charge in [-0.25, -0.2) is 4.99 Å². The van der Waals surface area contributed by atoms with Gasteiger partial charge in [-0.15, -0.1) is 24.0 Å². The highest BCUT2D eigenvalue weighted by atomic mass is 127. The fraction of sp³-hybridized carbons (Fsp3) is 0.364. The number of non-ortho nitro benzene ring substituents is 1. The molecular formula is C22H27IN4O4. The van der Waals surface area contributed by atoms with Crippen molar-refractivity contribution in [1.29, 1.82) is 0 Å². The molecule has 1 aliphatic rings. The Morgan fingerprint density at radius 3 is 2.35 bits per heavy atom. The molecule has 0 radical (unpaired) electrons. The van der Waals surface area contributed by atoms with E-state index < -0.39 is 4.92 Å². The van der Waals surface area contributed by atoms with E-state index in [1.807, 2.05) is 30.3 Å². The van der Waals surface area contributed by atoms with E-state index in [-0.39, 0.29) is 41.6 Å². The number of carbonyl (C=O) groups excluding carboxylic acids is 1. The second-order valence-corrected chi connectivity index (χ2v) is 7.19. The zero-order valence-electron chi connectivity index (χ0n) is 17.4. The summed E-state index contributed by atoms with van der Waals surface area (Å²) < 4.78 is 4.87. The Bertz CT molecular complexity index is 882. The molecule has 0 aliphatic carbocycles. The minimum atomic E-state index is -0.407. The van der Waals surface area contributed by atoms with Crippen molar-refractivity contribution in [3.63, 3.8) is 0 Å².